The van der Waals surface area contributed by atoms with E-state index in [9.17, 15) is 0 Å². The fourth-order valence-electron chi connectivity index (χ4n) is 4.69. The van der Waals surface area contributed by atoms with Gasteiger partial charge in [-0.15, -0.1) is 0 Å². The Morgan fingerprint density at radius 3 is 1.74 bits per heavy atom. The van der Waals surface area contributed by atoms with Crippen LogP contribution < -0.4 is 3.71 Å². The van der Waals surface area contributed by atoms with Crippen molar-refractivity contribution in [3.05, 3.63) is 66.2 Å². The standard InChI is InChI=1S/C15H12N3.3C4H9.Sn/c1-3-7-13(8-4-1)12-18-15(11-16-17-18)14-9-5-2-6-10-14;3*1-3-4-2;/h1-10H,12H2;3*1,3-4H2,2H3;. The van der Waals surface area contributed by atoms with E-state index in [2.05, 4.69) is 86.1 Å². The molecule has 0 fully saturated rings. The van der Waals surface area contributed by atoms with Crippen LogP contribution in [0.5, 0.6) is 0 Å². The average molecular weight is 524 g/mol. The van der Waals surface area contributed by atoms with Crippen LogP contribution in [-0.2, 0) is 6.54 Å². The van der Waals surface area contributed by atoms with Crippen molar-refractivity contribution in [2.75, 3.05) is 0 Å². The summed E-state index contributed by atoms with van der Waals surface area (Å²) < 4.78 is 7.86. The van der Waals surface area contributed by atoms with Gasteiger partial charge in [-0.2, -0.15) is 0 Å². The predicted molar refractivity (Wildman–Crippen MR) is 136 cm³/mol. The van der Waals surface area contributed by atoms with Crippen molar-refractivity contribution < 1.29 is 0 Å². The Morgan fingerprint density at radius 1 is 0.710 bits per heavy atom. The number of hydrogen-bond acceptors (Lipinski definition) is 2. The van der Waals surface area contributed by atoms with Crippen molar-refractivity contribution in [1.82, 2.24) is 15.0 Å². The molecule has 0 amide bonds. The molecule has 0 saturated heterocycles. The Hall–Kier alpha value is -1.62. The Labute approximate surface area is 193 Å². The SMILES string of the molecule is CCC[CH2][Sn]([CH2]CCC)([CH2]CCC)[c]1nnn(Cc2ccccc2)c1-c1ccccc1. The zero-order chi connectivity index (χ0) is 21.9. The molecular formula is C27H39N3Sn. The van der Waals surface area contributed by atoms with Gasteiger partial charge in [0.25, 0.3) is 0 Å². The van der Waals surface area contributed by atoms with Crippen LogP contribution in [0.2, 0.25) is 13.3 Å². The molecule has 0 aliphatic heterocycles. The van der Waals surface area contributed by atoms with Crippen LogP contribution >= 0.6 is 0 Å². The van der Waals surface area contributed by atoms with Gasteiger partial charge in [-0.05, 0) is 0 Å². The number of rotatable bonds is 13. The molecule has 3 nitrogen and oxygen atoms in total. The van der Waals surface area contributed by atoms with Crippen LogP contribution in [0.1, 0.15) is 64.9 Å². The van der Waals surface area contributed by atoms with E-state index in [0.717, 1.165) is 6.54 Å². The van der Waals surface area contributed by atoms with E-state index in [4.69, 9.17) is 10.3 Å². The van der Waals surface area contributed by atoms with Gasteiger partial charge in [0.2, 0.25) is 0 Å². The van der Waals surface area contributed by atoms with E-state index < -0.39 is 18.4 Å². The molecule has 0 spiro atoms. The molecule has 4 heteroatoms. The summed E-state index contributed by atoms with van der Waals surface area (Å²) in [4.78, 5) is 0. The number of aromatic nitrogens is 3. The number of benzene rings is 2. The molecule has 31 heavy (non-hydrogen) atoms. The first-order valence-electron chi connectivity index (χ1n) is 12.3. The molecule has 0 bridgehead atoms. The van der Waals surface area contributed by atoms with E-state index in [1.807, 2.05) is 0 Å². The van der Waals surface area contributed by atoms with E-state index >= 15 is 0 Å². The summed E-state index contributed by atoms with van der Waals surface area (Å²) in [5.74, 6) is 0. The van der Waals surface area contributed by atoms with Crippen LogP contribution in [0.3, 0.4) is 0 Å². The fraction of sp³-hybridized carbons (Fsp3) is 0.481. The molecule has 0 N–H and O–H groups in total. The second-order valence-corrected chi connectivity index (χ2v) is 21.8. The van der Waals surface area contributed by atoms with Crippen LogP contribution in [0, 0.1) is 0 Å². The van der Waals surface area contributed by atoms with Crippen molar-refractivity contribution in [2.45, 2.75) is 79.2 Å². The molecule has 3 rings (SSSR count). The fourth-order valence-corrected chi connectivity index (χ4v) is 20.6. The Bertz CT molecular complexity index is 868. The Kier molecular flexibility index (Phi) is 9.63. The Morgan fingerprint density at radius 2 is 1.23 bits per heavy atom. The van der Waals surface area contributed by atoms with Crippen molar-refractivity contribution in [1.29, 1.82) is 0 Å². The zero-order valence-electron chi connectivity index (χ0n) is 19.7. The topological polar surface area (TPSA) is 30.7 Å². The van der Waals surface area contributed by atoms with Crippen molar-refractivity contribution in [3.8, 4) is 11.3 Å². The first kappa shape index (κ1) is 24.0. The summed E-state index contributed by atoms with van der Waals surface area (Å²) >= 11 is -2.71. The van der Waals surface area contributed by atoms with Crippen molar-refractivity contribution >= 4 is 22.1 Å². The normalized spacial score (nSPS) is 11.7. The van der Waals surface area contributed by atoms with Crippen LogP contribution in [-0.4, -0.2) is 33.4 Å². The molecule has 0 aliphatic rings. The van der Waals surface area contributed by atoms with Gasteiger partial charge in [-0.1, -0.05) is 0 Å². The molecule has 1 aromatic heterocycles. The second kappa shape index (κ2) is 12.4. The molecule has 0 atom stereocenters. The van der Waals surface area contributed by atoms with Gasteiger partial charge in [-0.3, -0.25) is 0 Å². The van der Waals surface area contributed by atoms with Gasteiger partial charge >= 0.3 is 194 Å². The molecule has 0 aliphatic carbocycles. The third kappa shape index (κ3) is 6.21. The van der Waals surface area contributed by atoms with Crippen molar-refractivity contribution in [3.63, 3.8) is 0 Å². The van der Waals surface area contributed by atoms with E-state index in [-0.39, 0.29) is 0 Å². The first-order chi connectivity index (χ1) is 15.2. The molecule has 166 valence electrons. The van der Waals surface area contributed by atoms with E-state index in [1.54, 1.807) is 0 Å². The summed E-state index contributed by atoms with van der Waals surface area (Å²) in [7, 11) is 0. The molecule has 0 radical (unpaired) electrons. The number of hydrogen-bond donors (Lipinski definition) is 0. The molecule has 0 unspecified atom stereocenters. The summed E-state index contributed by atoms with van der Waals surface area (Å²) in [5, 5.41) is 9.82. The number of unbranched alkanes of at least 4 members (excludes halogenated alkanes) is 3. The van der Waals surface area contributed by atoms with Crippen LogP contribution in [0.15, 0.2) is 60.7 Å². The van der Waals surface area contributed by atoms with Gasteiger partial charge in [-0.25, -0.2) is 0 Å². The van der Waals surface area contributed by atoms with Gasteiger partial charge < -0.3 is 0 Å². The van der Waals surface area contributed by atoms with Gasteiger partial charge in [0, 0.05) is 0 Å². The summed E-state index contributed by atoms with van der Waals surface area (Å²) in [6.07, 6.45) is 7.83. The summed E-state index contributed by atoms with van der Waals surface area (Å²) in [6, 6.07) is 21.6. The van der Waals surface area contributed by atoms with Crippen LogP contribution in [0.25, 0.3) is 11.3 Å². The minimum atomic E-state index is -2.71. The van der Waals surface area contributed by atoms with Crippen molar-refractivity contribution in [2.24, 2.45) is 0 Å². The maximum atomic E-state index is 5.03. The minimum absolute atomic E-state index is 0.787. The number of nitrogens with zero attached hydrogens (tertiary/aromatic N) is 3. The quantitative estimate of drug-likeness (QED) is 0.225. The first-order valence-corrected chi connectivity index (χ1v) is 19.8. The molecule has 2 aromatic carbocycles. The summed E-state index contributed by atoms with van der Waals surface area (Å²) in [5.41, 5.74) is 3.88. The molecule has 0 saturated carbocycles. The molecule has 1 heterocycles. The van der Waals surface area contributed by atoms with Gasteiger partial charge in [0.15, 0.2) is 0 Å². The predicted octanol–water partition coefficient (Wildman–Crippen LogP) is 7.05. The maximum absolute atomic E-state index is 5.03. The van der Waals surface area contributed by atoms with Crippen LogP contribution in [0.4, 0.5) is 0 Å². The molecular weight excluding hydrogens is 485 g/mol. The van der Waals surface area contributed by atoms with E-state index in [0.29, 0.717) is 0 Å². The van der Waals surface area contributed by atoms with Gasteiger partial charge in [0.05, 0.1) is 0 Å². The second-order valence-electron chi connectivity index (χ2n) is 8.89. The Balaban J connectivity index is 2.12. The van der Waals surface area contributed by atoms with E-state index in [1.165, 1.54) is 72.4 Å². The zero-order valence-corrected chi connectivity index (χ0v) is 22.5. The third-order valence-electron chi connectivity index (χ3n) is 6.49. The monoisotopic (exact) mass is 525 g/mol. The van der Waals surface area contributed by atoms with Gasteiger partial charge in [0.1, 0.15) is 0 Å². The molecule has 3 aromatic rings. The third-order valence-corrected chi connectivity index (χ3v) is 21.5. The summed E-state index contributed by atoms with van der Waals surface area (Å²) in [6.45, 7) is 7.79. The average Bonchev–Trinajstić information content (AvgIpc) is 3.24.